The molecule has 0 saturated heterocycles. The van der Waals surface area contributed by atoms with Gasteiger partial charge in [-0.3, -0.25) is 4.68 Å². The molecule has 0 aliphatic rings. The molecule has 0 spiro atoms. The van der Waals surface area contributed by atoms with Gasteiger partial charge in [-0.25, -0.2) is 13.1 Å². The smallest absolute Gasteiger partial charge is 0.175 e. The molecule has 0 unspecified atom stereocenters. The van der Waals surface area contributed by atoms with Crippen LogP contribution in [0.15, 0.2) is 47.8 Å². The van der Waals surface area contributed by atoms with Crippen LogP contribution in [0.5, 0.6) is 0 Å². The number of hydrogen-bond acceptors (Lipinski definition) is 5. The summed E-state index contributed by atoms with van der Waals surface area (Å²) in [6, 6.07) is 6.92. The number of rotatable bonds is 5. The number of nitrogens with zero attached hydrogens (tertiary/aromatic N) is 5. The van der Waals surface area contributed by atoms with Gasteiger partial charge in [0, 0.05) is 24.6 Å². The van der Waals surface area contributed by atoms with Crippen LogP contribution in [0.2, 0.25) is 0 Å². The molecule has 7 nitrogen and oxygen atoms in total. The second-order valence-corrected chi connectivity index (χ2v) is 7.25. The van der Waals surface area contributed by atoms with Crippen LogP contribution >= 0.6 is 0 Å². The first kappa shape index (κ1) is 15.4. The Morgan fingerprint density at radius 2 is 1.91 bits per heavy atom. The van der Waals surface area contributed by atoms with Crippen molar-refractivity contribution in [3.05, 3.63) is 48.4 Å². The fraction of sp³-hybridized carbons (Fsp3) is 0.267. The minimum absolute atomic E-state index is 0.316. The molecule has 3 rings (SSSR count). The molecule has 0 amide bonds. The second kappa shape index (κ2) is 5.96. The summed E-state index contributed by atoms with van der Waals surface area (Å²) in [5, 5.41) is 12.4. The molecular formula is C15H17N5O2S. The molecule has 23 heavy (non-hydrogen) atoms. The molecule has 0 radical (unpaired) electrons. The molecule has 0 N–H and O–H groups in total. The van der Waals surface area contributed by atoms with Crippen LogP contribution < -0.4 is 0 Å². The molecule has 3 aromatic rings. The van der Waals surface area contributed by atoms with Gasteiger partial charge in [-0.1, -0.05) is 23.4 Å². The van der Waals surface area contributed by atoms with Gasteiger partial charge in [0.05, 0.1) is 23.8 Å². The van der Waals surface area contributed by atoms with Gasteiger partial charge < -0.3 is 0 Å². The molecule has 120 valence electrons. The van der Waals surface area contributed by atoms with Gasteiger partial charge in [0.1, 0.15) is 5.69 Å². The molecule has 2 aromatic heterocycles. The molecule has 0 fully saturated rings. The minimum atomic E-state index is -3.27. The van der Waals surface area contributed by atoms with E-state index >= 15 is 0 Å². The zero-order chi connectivity index (χ0) is 16.4. The van der Waals surface area contributed by atoms with Gasteiger partial charge >= 0.3 is 0 Å². The van der Waals surface area contributed by atoms with E-state index < -0.39 is 9.84 Å². The maximum atomic E-state index is 11.9. The Hall–Kier alpha value is -2.48. The molecule has 0 atom stereocenters. The number of aryl methyl sites for hydroxylation is 1. The quantitative estimate of drug-likeness (QED) is 0.709. The van der Waals surface area contributed by atoms with Crippen molar-refractivity contribution in [3.8, 4) is 11.3 Å². The predicted octanol–water partition coefficient (Wildman–Crippen LogP) is 1.61. The van der Waals surface area contributed by atoms with Gasteiger partial charge in [-0.15, -0.1) is 5.10 Å². The lowest BCUT2D eigenvalue weighted by molar-refractivity contribution is 0.596. The summed E-state index contributed by atoms with van der Waals surface area (Å²) in [6.07, 6.45) is 6.63. The van der Waals surface area contributed by atoms with Crippen LogP contribution in [0.4, 0.5) is 0 Å². The summed E-state index contributed by atoms with van der Waals surface area (Å²) in [4.78, 5) is 0.316. The maximum Gasteiger partial charge on any atom is 0.175 e. The van der Waals surface area contributed by atoms with Gasteiger partial charge in [0.15, 0.2) is 9.84 Å². The topological polar surface area (TPSA) is 82.7 Å². The summed E-state index contributed by atoms with van der Waals surface area (Å²) in [7, 11) is -3.27. The van der Waals surface area contributed by atoms with Crippen molar-refractivity contribution >= 4 is 9.84 Å². The summed E-state index contributed by atoms with van der Waals surface area (Å²) in [5.41, 5.74) is 2.28. The fourth-order valence-electron chi connectivity index (χ4n) is 2.35. The average Bonchev–Trinajstić information content (AvgIpc) is 3.15. The van der Waals surface area contributed by atoms with E-state index in [9.17, 15) is 8.42 Å². The lowest BCUT2D eigenvalue weighted by Crippen LogP contribution is -2.07. The molecule has 0 saturated carbocycles. The van der Waals surface area contributed by atoms with E-state index in [4.69, 9.17) is 0 Å². The van der Waals surface area contributed by atoms with Gasteiger partial charge in [-0.05, 0) is 18.6 Å². The monoisotopic (exact) mass is 331 g/mol. The summed E-state index contributed by atoms with van der Waals surface area (Å²) in [5.74, 6) is 0. The van der Waals surface area contributed by atoms with Crippen LogP contribution in [0.3, 0.4) is 0 Å². The van der Waals surface area contributed by atoms with Crippen LogP contribution in [0.25, 0.3) is 11.3 Å². The van der Waals surface area contributed by atoms with Crippen molar-refractivity contribution in [2.75, 3.05) is 6.26 Å². The number of aromatic nitrogens is 5. The van der Waals surface area contributed by atoms with Crippen molar-refractivity contribution in [3.63, 3.8) is 0 Å². The summed E-state index contributed by atoms with van der Waals surface area (Å²) >= 11 is 0. The van der Waals surface area contributed by atoms with Crippen molar-refractivity contribution in [2.45, 2.75) is 24.9 Å². The Balaban J connectivity index is 1.88. The first-order valence-electron chi connectivity index (χ1n) is 7.18. The lowest BCUT2D eigenvalue weighted by atomic mass is 10.2. The predicted molar refractivity (Wildman–Crippen MR) is 85.6 cm³/mol. The maximum absolute atomic E-state index is 11.9. The van der Waals surface area contributed by atoms with Gasteiger partial charge in [-0.2, -0.15) is 5.10 Å². The van der Waals surface area contributed by atoms with E-state index in [0.717, 1.165) is 12.1 Å². The highest BCUT2D eigenvalue weighted by Gasteiger charge is 2.14. The number of benzene rings is 1. The van der Waals surface area contributed by atoms with Crippen LogP contribution in [-0.4, -0.2) is 39.4 Å². The first-order valence-corrected chi connectivity index (χ1v) is 9.07. The van der Waals surface area contributed by atoms with Crippen molar-refractivity contribution < 1.29 is 8.42 Å². The van der Waals surface area contributed by atoms with Crippen LogP contribution in [0.1, 0.15) is 12.5 Å². The highest BCUT2D eigenvalue weighted by Crippen LogP contribution is 2.18. The average molecular weight is 331 g/mol. The van der Waals surface area contributed by atoms with Crippen LogP contribution in [0, 0.1) is 0 Å². The van der Waals surface area contributed by atoms with Crippen molar-refractivity contribution in [1.82, 2.24) is 24.8 Å². The standard InChI is InChI=1S/C15H17N5O2S/c1-3-19-10-13(8-16-19)14-11-20(18-17-14)9-12-6-4-5-7-15(12)23(2,21)22/h4-8,10-11H,3,9H2,1-2H3. The molecule has 0 aliphatic carbocycles. The summed E-state index contributed by atoms with van der Waals surface area (Å²) in [6.45, 7) is 3.14. The Kier molecular flexibility index (Phi) is 3.99. The van der Waals surface area contributed by atoms with E-state index in [-0.39, 0.29) is 0 Å². The first-order chi connectivity index (χ1) is 11.0. The molecule has 8 heteroatoms. The van der Waals surface area contributed by atoms with Crippen LogP contribution in [-0.2, 0) is 22.9 Å². The lowest BCUT2D eigenvalue weighted by Gasteiger charge is -2.07. The van der Waals surface area contributed by atoms with Gasteiger partial charge in [0.2, 0.25) is 0 Å². The molecule has 1 aromatic carbocycles. The third-order valence-electron chi connectivity index (χ3n) is 3.50. The summed E-state index contributed by atoms with van der Waals surface area (Å²) < 4.78 is 27.1. The largest absolute Gasteiger partial charge is 0.272 e. The minimum Gasteiger partial charge on any atom is -0.272 e. The molecular weight excluding hydrogens is 314 g/mol. The van der Waals surface area contributed by atoms with E-state index in [1.54, 1.807) is 35.3 Å². The van der Waals surface area contributed by atoms with E-state index in [2.05, 4.69) is 15.4 Å². The third kappa shape index (κ3) is 3.31. The number of hydrogen-bond donors (Lipinski definition) is 0. The highest BCUT2D eigenvalue weighted by molar-refractivity contribution is 7.90. The van der Waals surface area contributed by atoms with Gasteiger partial charge in [0.25, 0.3) is 0 Å². The second-order valence-electron chi connectivity index (χ2n) is 5.27. The highest BCUT2D eigenvalue weighted by atomic mass is 32.2. The normalized spacial score (nSPS) is 11.7. The Morgan fingerprint density at radius 1 is 1.13 bits per heavy atom. The zero-order valence-corrected chi connectivity index (χ0v) is 13.7. The van der Waals surface area contributed by atoms with E-state index in [0.29, 0.717) is 22.7 Å². The SMILES string of the molecule is CCn1cc(-c2cn(Cc3ccccc3S(C)(=O)=O)nn2)cn1. The Morgan fingerprint density at radius 3 is 2.61 bits per heavy atom. The zero-order valence-electron chi connectivity index (χ0n) is 12.9. The fourth-order valence-corrected chi connectivity index (χ4v) is 3.28. The van der Waals surface area contributed by atoms with E-state index in [1.165, 1.54) is 6.26 Å². The molecule has 0 bridgehead atoms. The Labute approximate surface area is 134 Å². The molecule has 2 heterocycles. The van der Waals surface area contributed by atoms with Crippen molar-refractivity contribution in [1.29, 1.82) is 0 Å². The third-order valence-corrected chi connectivity index (χ3v) is 4.69. The Bertz CT molecular complexity index is 927. The number of sulfone groups is 1. The molecule has 0 aliphatic heterocycles. The van der Waals surface area contributed by atoms with Crippen molar-refractivity contribution in [2.24, 2.45) is 0 Å². The van der Waals surface area contributed by atoms with E-state index in [1.807, 2.05) is 23.9 Å².